The van der Waals surface area contributed by atoms with E-state index in [1.165, 1.54) is 0 Å². The predicted molar refractivity (Wildman–Crippen MR) is 71.7 cm³/mol. The molecule has 0 amide bonds. The molecule has 0 unspecified atom stereocenters. The number of aromatic nitrogens is 2. The maximum atomic E-state index is 5.47. The molecule has 0 spiro atoms. The highest BCUT2D eigenvalue weighted by atomic mass is 32.1. The Hall–Kier alpha value is -2.01. The SMILES string of the molecule is NC(=S)c1ccc(NCc2ccccn2)cn1. The molecule has 0 saturated carbocycles. The fourth-order valence-corrected chi connectivity index (χ4v) is 1.46. The first-order chi connectivity index (χ1) is 8.25. The van der Waals surface area contributed by atoms with Crippen LogP contribution in [0, 0.1) is 0 Å². The summed E-state index contributed by atoms with van der Waals surface area (Å²) in [5.41, 5.74) is 7.99. The highest BCUT2D eigenvalue weighted by Gasteiger charge is 1.98. The van der Waals surface area contributed by atoms with E-state index in [4.69, 9.17) is 18.0 Å². The predicted octanol–water partition coefficient (Wildman–Crippen LogP) is 1.72. The Balaban J connectivity index is 1.98. The van der Waals surface area contributed by atoms with Crippen molar-refractivity contribution < 1.29 is 0 Å². The zero-order chi connectivity index (χ0) is 12.1. The molecule has 17 heavy (non-hydrogen) atoms. The largest absolute Gasteiger partial charge is 0.388 e. The summed E-state index contributed by atoms with van der Waals surface area (Å²) in [5, 5.41) is 3.22. The second-order valence-corrected chi connectivity index (χ2v) is 3.91. The highest BCUT2D eigenvalue weighted by molar-refractivity contribution is 7.80. The van der Waals surface area contributed by atoms with Crippen LogP contribution in [0.4, 0.5) is 5.69 Å². The number of hydrogen-bond donors (Lipinski definition) is 2. The van der Waals surface area contributed by atoms with Crippen molar-refractivity contribution in [2.45, 2.75) is 6.54 Å². The maximum Gasteiger partial charge on any atom is 0.122 e. The molecular weight excluding hydrogens is 232 g/mol. The van der Waals surface area contributed by atoms with Crippen molar-refractivity contribution in [1.82, 2.24) is 9.97 Å². The number of nitrogens with one attached hydrogen (secondary N) is 1. The van der Waals surface area contributed by atoms with Gasteiger partial charge in [-0.15, -0.1) is 0 Å². The summed E-state index contributed by atoms with van der Waals surface area (Å²) < 4.78 is 0. The van der Waals surface area contributed by atoms with Crippen LogP contribution < -0.4 is 11.1 Å². The number of pyridine rings is 2. The molecule has 0 aliphatic heterocycles. The van der Waals surface area contributed by atoms with Crippen molar-refractivity contribution in [3.8, 4) is 0 Å². The minimum Gasteiger partial charge on any atom is -0.388 e. The number of hydrogen-bond acceptors (Lipinski definition) is 4. The van der Waals surface area contributed by atoms with E-state index in [-0.39, 0.29) is 0 Å². The van der Waals surface area contributed by atoms with Crippen molar-refractivity contribution in [3.63, 3.8) is 0 Å². The molecule has 0 aliphatic rings. The van der Waals surface area contributed by atoms with E-state index < -0.39 is 0 Å². The molecule has 4 nitrogen and oxygen atoms in total. The van der Waals surface area contributed by atoms with Crippen molar-refractivity contribution >= 4 is 22.9 Å². The summed E-state index contributed by atoms with van der Waals surface area (Å²) in [7, 11) is 0. The van der Waals surface area contributed by atoms with Crippen LogP contribution in [-0.4, -0.2) is 15.0 Å². The summed E-state index contributed by atoms with van der Waals surface area (Å²) in [5.74, 6) is 0. The number of anilines is 1. The van der Waals surface area contributed by atoms with Gasteiger partial charge in [0.15, 0.2) is 0 Å². The molecule has 0 aliphatic carbocycles. The average molecular weight is 244 g/mol. The van der Waals surface area contributed by atoms with E-state index in [1.54, 1.807) is 18.5 Å². The smallest absolute Gasteiger partial charge is 0.122 e. The molecule has 0 radical (unpaired) electrons. The third-order valence-electron chi connectivity index (χ3n) is 2.22. The number of nitrogens with two attached hydrogens (primary N) is 1. The topological polar surface area (TPSA) is 63.8 Å². The zero-order valence-corrected chi connectivity index (χ0v) is 9.95. The Labute approximate surface area is 105 Å². The Morgan fingerprint density at radius 1 is 1.24 bits per heavy atom. The van der Waals surface area contributed by atoms with Crippen molar-refractivity contribution in [3.05, 3.63) is 54.1 Å². The first-order valence-corrected chi connectivity index (χ1v) is 5.56. The van der Waals surface area contributed by atoms with Gasteiger partial charge in [-0.25, -0.2) is 0 Å². The van der Waals surface area contributed by atoms with Crippen molar-refractivity contribution in [2.75, 3.05) is 5.32 Å². The molecule has 0 saturated heterocycles. The Bertz CT molecular complexity index is 496. The third-order valence-corrected chi connectivity index (χ3v) is 2.42. The quantitative estimate of drug-likeness (QED) is 0.802. The molecule has 0 fully saturated rings. The molecular formula is C12H12N4S. The van der Waals surface area contributed by atoms with Gasteiger partial charge in [0.25, 0.3) is 0 Å². The third kappa shape index (κ3) is 3.22. The summed E-state index contributed by atoms with van der Waals surface area (Å²) >= 11 is 4.83. The lowest BCUT2D eigenvalue weighted by Gasteiger charge is -2.05. The van der Waals surface area contributed by atoms with Crippen LogP contribution in [-0.2, 0) is 6.54 Å². The van der Waals surface area contributed by atoms with Crippen LogP contribution in [0.15, 0.2) is 42.7 Å². The summed E-state index contributed by atoms with van der Waals surface area (Å²) in [6.45, 7) is 0.662. The average Bonchev–Trinajstić information content (AvgIpc) is 2.38. The fourth-order valence-electron chi connectivity index (χ4n) is 1.34. The van der Waals surface area contributed by atoms with Gasteiger partial charge in [0.05, 0.1) is 29.8 Å². The summed E-state index contributed by atoms with van der Waals surface area (Å²) in [6, 6.07) is 9.50. The van der Waals surface area contributed by atoms with E-state index in [1.807, 2.05) is 24.3 Å². The fraction of sp³-hybridized carbons (Fsp3) is 0.0833. The second kappa shape index (κ2) is 5.36. The summed E-state index contributed by atoms with van der Waals surface area (Å²) in [4.78, 5) is 8.66. The molecule has 0 atom stereocenters. The molecule has 86 valence electrons. The molecule has 5 heteroatoms. The molecule has 3 N–H and O–H groups in total. The first-order valence-electron chi connectivity index (χ1n) is 5.15. The normalized spacial score (nSPS) is 9.88. The van der Waals surface area contributed by atoms with E-state index >= 15 is 0 Å². The Morgan fingerprint density at radius 3 is 2.71 bits per heavy atom. The first kappa shape index (κ1) is 11.5. The van der Waals surface area contributed by atoms with Crippen LogP contribution in [0.1, 0.15) is 11.4 Å². The van der Waals surface area contributed by atoms with Gasteiger partial charge in [0.1, 0.15) is 4.99 Å². The maximum absolute atomic E-state index is 5.47. The van der Waals surface area contributed by atoms with Gasteiger partial charge in [-0.05, 0) is 24.3 Å². The van der Waals surface area contributed by atoms with Crippen LogP contribution in [0.5, 0.6) is 0 Å². The van der Waals surface area contributed by atoms with Gasteiger partial charge in [-0.3, -0.25) is 9.97 Å². The van der Waals surface area contributed by atoms with Crippen molar-refractivity contribution in [1.29, 1.82) is 0 Å². The lowest BCUT2D eigenvalue weighted by molar-refractivity contribution is 1.04. The van der Waals surface area contributed by atoms with Crippen LogP contribution in [0.25, 0.3) is 0 Å². The monoisotopic (exact) mass is 244 g/mol. The minimum absolute atomic E-state index is 0.307. The van der Waals surface area contributed by atoms with Crippen LogP contribution in [0.2, 0.25) is 0 Å². The molecule has 2 aromatic heterocycles. The Morgan fingerprint density at radius 2 is 2.12 bits per heavy atom. The van der Waals surface area contributed by atoms with Crippen LogP contribution in [0.3, 0.4) is 0 Å². The van der Waals surface area contributed by atoms with E-state index in [0.717, 1.165) is 11.4 Å². The zero-order valence-electron chi connectivity index (χ0n) is 9.13. The highest BCUT2D eigenvalue weighted by Crippen LogP contribution is 2.07. The number of thiocarbonyl (C=S) groups is 1. The standard InChI is InChI=1S/C12H12N4S/c13-12(17)11-5-4-10(8-16-11)15-7-9-3-1-2-6-14-9/h1-6,8,15H,7H2,(H2,13,17). The molecule has 2 rings (SSSR count). The lowest BCUT2D eigenvalue weighted by Crippen LogP contribution is -2.11. The van der Waals surface area contributed by atoms with E-state index in [0.29, 0.717) is 17.2 Å². The van der Waals surface area contributed by atoms with Gasteiger partial charge >= 0.3 is 0 Å². The van der Waals surface area contributed by atoms with Gasteiger partial charge in [-0.1, -0.05) is 18.3 Å². The Kier molecular flexibility index (Phi) is 3.62. The molecule has 2 aromatic rings. The number of rotatable bonds is 4. The molecule has 0 aromatic carbocycles. The van der Waals surface area contributed by atoms with Gasteiger partial charge in [0.2, 0.25) is 0 Å². The van der Waals surface area contributed by atoms with Gasteiger partial charge < -0.3 is 11.1 Å². The lowest BCUT2D eigenvalue weighted by atomic mass is 10.3. The van der Waals surface area contributed by atoms with E-state index in [9.17, 15) is 0 Å². The summed E-state index contributed by atoms with van der Waals surface area (Å²) in [6.07, 6.45) is 3.47. The van der Waals surface area contributed by atoms with Gasteiger partial charge in [-0.2, -0.15) is 0 Å². The van der Waals surface area contributed by atoms with Crippen LogP contribution >= 0.6 is 12.2 Å². The van der Waals surface area contributed by atoms with Gasteiger partial charge in [0, 0.05) is 6.20 Å². The minimum atomic E-state index is 0.307. The molecule has 0 bridgehead atoms. The second-order valence-electron chi connectivity index (χ2n) is 3.47. The number of nitrogens with zero attached hydrogens (tertiary/aromatic N) is 2. The van der Waals surface area contributed by atoms with E-state index in [2.05, 4.69) is 15.3 Å². The molecule has 2 heterocycles. The van der Waals surface area contributed by atoms with Crippen molar-refractivity contribution in [2.24, 2.45) is 5.73 Å².